The van der Waals surface area contributed by atoms with Gasteiger partial charge >= 0.3 is 0 Å². The third-order valence-electron chi connectivity index (χ3n) is 4.43. The fourth-order valence-electron chi connectivity index (χ4n) is 2.90. The number of hydrogen-bond acceptors (Lipinski definition) is 8. The van der Waals surface area contributed by atoms with Crippen molar-refractivity contribution in [2.24, 2.45) is 17.4 Å². The molecule has 11 nitrogen and oxygen atoms in total. The van der Waals surface area contributed by atoms with Gasteiger partial charge in [-0.15, -0.1) is 0 Å². The second kappa shape index (κ2) is 8.91. The number of nitrogens with two attached hydrogens (primary N) is 2. The average molecular weight is 419 g/mol. The number of aromatic nitrogens is 4. The molecule has 0 saturated carbocycles. The second-order valence-electron chi connectivity index (χ2n) is 7.02. The van der Waals surface area contributed by atoms with Gasteiger partial charge in [0.05, 0.1) is 29.2 Å². The van der Waals surface area contributed by atoms with Crippen molar-refractivity contribution in [1.82, 2.24) is 20.0 Å². The van der Waals surface area contributed by atoms with Gasteiger partial charge in [-0.05, 0) is 30.2 Å². The first-order valence-corrected chi connectivity index (χ1v) is 9.34. The van der Waals surface area contributed by atoms with E-state index >= 15 is 0 Å². The maximum absolute atomic E-state index is 12.0. The van der Waals surface area contributed by atoms with Gasteiger partial charge < -0.3 is 22.1 Å². The van der Waals surface area contributed by atoms with Crippen molar-refractivity contribution in [2.75, 3.05) is 10.6 Å². The first-order chi connectivity index (χ1) is 14.8. The van der Waals surface area contributed by atoms with Gasteiger partial charge in [0.15, 0.2) is 0 Å². The predicted molar refractivity (Wildman–Crippen MR) is 114 cm³/mol. The smallest absolute Gasteiger partial charge is 0.252 e. The van der Waals surface area contributed by atoms with Crippen LogP contribution in [-0.2, 0) is 4.79 Å². The number of carbonyl (C=O) groups excluding carboxylic acids is 2. The minimum atomic E-state index is -0.766. The van der Waals surface area contributed by atoms with E-state index in [2.05, 4.69) is 25.8 Å². The van der Waals surface area contributed by atoms with Gasteiger partial charge in [0.1, 0.15) is 23.7 Å². The number of carbonyl (C=O) groups is 2. The van der Waals surface area contributed by atoms with Crippen molar-refractivity contribution in [3.05, 3.63) is 53.9 Å². The van der Waals surface area contributed by atoms with Crippen molar-refractivity contribution in [3.63, 3.8) is 0 Å². The van der Waals surface area contributed by atoms with E-state index < -0.39 is 17.9 Å². The Morgan fingerprint density at radius 3 is 2.42 bits per heavy atom. The molecular weight excluding hydrogens is 398 g/mol. The molecule has 0 unspecified atom stereocenters. The van der Waals surface area contributed by atoms with E-state index in [1.165, 1.54) is 10.9 Å². The Morgan fingerprint density at radius 2 is 1.84 bits per heavy atom. The maximum Gasteiger partial charge on any atom is 0.252 e. The summed E-state index contributed by atoms with van der Waals surface area (Å²) in [5, 5.41) is 23.6. The third kappa shape index (κ3) is 4.76. The lowest BCUT2D eigenvalue weighted by atomic mass is 10.0. The van der Waals surface area contributed by atoms with Crippen LogP contribution in [-0.4, -0.2) is 37.8 Å². The van der Waals surface area contributed by atoms with E-state index in [9.17, 15) is 14.9 Å². The lowest BCUT2D eigenvalue weighted by Crippen LogP contribution is -2.40. The molecule has 0 fully saturated rings. The van der Waals surface area contributed by atoms with Crippen molar-refractivity contribution in [3.8, 4) is 11.8 Å². The molecule has 2 heterocycles. The van der Waals surface area contributed by atoms with E-state index in [0.29, 0.717) is 11.4 Å². The molecule has 1 atom stereocenters. The van der Waals surface area contributed by atoms with Gasteiger partial charge in [0.25, 0.3) is 5.91 Å². The summed E-state index contributed by atoms with van der Waals surface area (Å²) in [6.45, 7) is 3.61. The van der Waals surface area contributed by atoms with Crippen LogP contribution in [0.2, 0.25) is 0 Å². The van der Waals surface area contributed by atoms with Crippen LogP contribution in [0, 0.1) is 17.2 Å². The Hall–Kier alpha value is -4.46. The predicted octanol–water partition coefficient (Wildman–Crippen LogP) is 1.30. The van der Waals surface area contributed by atoms with Crippen LogP contribution < -0.4 is 22.1 Å². The molecule has 3 rings (SSSR count). The maximum atomic E-state index is 12.0. The lowest BCUT2D eigenvalue weighted by molar-refractivity contribution is -0.119. The van der Waals surface area contributed by atoms with Crippen LogP contribution in [0.15, 0.2) is 42.7 Å². The molecule has 0 aliphatic rings. The number of nitriles is 1. The van der Waals surface area contributed by atoms with E-state index in [0.717, 1.165) is 0 Å². The highest BCUT2D eigenvalue weighted by Crippen LogP contribution is 2.26. The molecule has 0 aliphatic heterocycles. The first kappa shape index (κ1) is 21.3. The molecule has 0 aliphatic carbocycles. The molecule has 11 heteroatoms. The minimum Gasteiger partial charge on any atom is -0.368 e. The van der Waals surface area contributed by atoms with Crippen LogP contribution in [0.25, 0.3) is 5.69 Å². The molecular formula is C20H21N9O2. The van der Waals surface area contributed by atoms with Gasteiger partial charge in [-0.2, -0.15) is 20.3 Å². The molecule has 0 radical (unpaired) electrons. The fraction of sp³-hybridized carbons (Fsp3) is 0.200. The largest absolute Gasteiger partial charge is 0.368 e. The zero-order chi connectivity index (χ0) is 22.5. The Labute approximate surface area is 178 Å². The number of anilines is 3. The third-order valence-corrected chi connectivity index (χ3v) is 4.43. The summed E-state index contributed by atoms with van der Waals surface area (Å²) >= 11 is 0. The number of hydrogen-bond donors (Lipinski definition) is 4. The topological polar surface area (TPSA) is 178 Å². The number of nitrogens with zero attached hydrogens (tertiary/aromatic N) is 5. The molecule has 31 heavy (non-hydrogen) atoms. The van der Waals surface area contributed by atoms with E-state index in [4.69, 9.17) is 11.5 Å². The molecule has 2 aromatic heterocycles. The Balaban J connectivity index is 2.03. The zero-order valence-electron chi connectivity index (χ0n) is 16.9. The van der Waals surface area contributed by atoms with Crippen LogP contribution in [0.3, 0.4) is 0 Å². The molecule has 1 aromatic carbocycles. The van der Waals surface area contributed by atoms with Crippen molar-refractivity contribution in [1.29, 1.82) is 5.26 Å². The van der Waals surface area contributed by atoms with E-state index in [1.54, 1.807) is 50.5 Å². The minimum absolute atomic E-state index is 0.0184. The number of primary amides is 2. The normalized spacial score (nSPS) is 11.5. The number of rotatable bonds is 8. The number of amides is 2. The van der Waals surface area contributed by atoms with E-state index in [-0.39, 0.29) is 28.7 Å². The number of benzene rings is 1. The van der Waals surface area contributed by atoms with Crippen LogP contribution in [0.1, 0.15) is 29.8 Å². The molecule has 2 amide bonds. The Morgan fingerprint density at radius 1 is 1.13 bits per heavy atom. The van der Waals surface area contributed by atoms with Crippen molar-refractivity contribution >= 4 is 29.1 Å². The molecule has 6 N–H and O–H groups in total. The summed E-state index contributed by atoms with van der Waals surface area (Å²) in [7, 11) is 0. The van der Waals surface area contributed by atoms with Crippen LogP contribution in [0.5, 0.6) is 0 Å². The fourth-order valence-corrected chi connectivity index (χ4v) is 2.90. The SMILES string of the molecule is CC(C)[C@@H](Nc1nc(Nc2cccc(-n3nccn3)c2)c(C(N)=O)cc1C#N)C(N)=O. The summed E-state index contributed by atoms with van der Waals surface area (Å²) in [6.07, 6.45) is 3.10. The molecule has 3 aromatic rings. The van der Waals surface area contributed by atoms with Gasteiger partial charge in [-0.25, -0.2) is 4.98 Å². The molecule has 158 valence electrons. The second-order valence-corrected chi connectivity index (χ2v) is 7.02. The van der Waals surface area contributed by atoms with Crippen LogP contribution in [0.4, 0.5) is 17.3 Å². The first-order valence-electron chi connectivity index (χ1n) is 9.34. The van der Waals surface area contributed by atoms with Gasteiger partial charge in [-0.1, -0.05) is 19.9 Å². The summed E-state index contributed by atoms with van der Waals surface area (Å²) in [4.78, 5) is 29.6. The number of pyridine rings is 1. The summed E-state index contributed by atoms with van der Waals surface area (Å²) in [6, 6.07) is 9.60. The van der Waals surface area contributed by atoms with Gasteiger partial charge in [0, 0.05) is 5.69 Å². The molecule has 0 saturated heterocycles. The highest BCUT2D eigenvalue weighted by molar-refractivity contribution is 5.99. The van der Waals surface area contributed by atoms with Crippen molar-refractivity contribution < 1.29 is 9.59 Å². The standard InChI is InChI=1S/C20H21N9O2/c1-11(2)16(18(23)31)27-19-12(10-21)8-15(17(22)30)20(28-19)26-13-4-3-5-14(9-13)29-24-6-7-25-29/h3-9,11,16H,1-2H3,(H2,22,30)(H2,23,31)(H2,26,27,28)/t16-/m1/s1. The lowest BCUT2D eigenvalue weighted by Gasteiger charge is -2.21. The Kier molecular flexibility index (Phi) is 6.11. The summed E-state index contributed by atoms with van der Waals surface area (Å²) in [5.74, 6) is -1.29. The summed E-state index contributed by atoms with van der Waals surface area (Å²) in [5.41, 5.74) is 12.3. The average Bonchev–Trinajstić information content (AvgIpc) is 3.26. The van der Waals surface area contributed by atoms with Crippen LogP contribution >= 0.6 is 0 Å². The monoisotopic (exact) mass is 419 g/mol. The summed E-state index contributed by atoms with van der Waals surface area (Å²) < 4.78 is 0. The van der Waals surface area contributed by atoms with E-state index in [1.807, 2.05) is 6.07 Å². The van der Waals surface area contributed by atoms with Crippen molar-refractivity contribution in [2.45, 2.75) is 19.9 Å². The molecule has 0 bridgehead atoms. The van der Waals surface area contributed by atoms with Gasteiger partial charge in [-0.3, -0.25) is 9.59 Å². The van der Waals surface area contributed by atoms with Gasteiger partial charge in [0.2, 0.25) is 5.91 Å². The Bertz CT molecular complexity index is 1150. The highest BCUT2D eigenvalue weighted by atomic mass is 16.1. The quantitative estimate of drug-likeness (QED) is 0.422. The highest BCUT2D eigenvalue weighted by Gasteiger charge is 2.23. The zero-order valence-corrected chi connectivity index (χ0v) is 16.9. The number of nitrogens with one attached hydrogen (secondary N) is 2. The molecule has 0 spiro atoms.